The van der Waals surface area contributed by atoms with Crippen molar-refractivity contribution in [1.82, 2.24) is 30.2 Å². The zero-order valence-corrected chi connectivity index (χ0v) is 20.8. The van der Waals surface area contributed by atoms with Gasteiger partial charge < -0.3 is 25.1 Å². The van der Waals surface area contributed by atoms with Crippen LogP contribution in [0.3, 0.4) is 0 Å². The smallest absolute Gasteiger partial charge is 0.248 e. The number of anilines is 2. The molecule has 0 atom stereocenters. The fraction of sp³-hybridized carbons (Fsp3) is 0.500. The van der Waals surface area contributed by atoms with E-state index in [2.05, 4.69) is 62.0 Å². The lowest BCUT2D eigenvalue weighted by Gasteiger charge is -2.34. The molecule has 2 aliphatic heterocycles. The average Bonchev–Trinajstić information content (AvgIpc) is 2.81. The van der Waals surface area contributed by atoms with Gasteiger partial charge >= 0.3 is 0 Å². The van der Waals surface area contributed by atoms with Crippen LogP contribution in [0.2, 0.25) is 0 Å². The lowest BCUT2D eigenvalue weighted by atomic mass is 10.3. The lowest BCUT2D eigenvalue weighted by molar-refractivity contribution is -0.134. The van der Waals surface area contributed by atoms with Crippen molar-refractivity contribution >= 4 is 62.1 Å². The maximum absolute atomic E-state index is 11.3. The molecule has 0 spiro atoms. The SMILES string of the molecule is Brc1cnc(N2CCNCC2)nc1.Cl.O=C(CO)N1CCN(c2ncc(Br)cn2)CC1. The Morgan fingerprint density at radius 3 is 1.68 bits per heavy atom. The summed E-state index contributed by atoms with van der Waals surface area (Å²) in [5.41, 5.74) is 0. The lowest BCUT2D eigenvalue weighted by Crippen LogP contribution is -2.50. The zero-order chi connectivity index (χ0) is 21.3. The first-order valence-corrected chi connectivity index (χ1v) is 11.2. The summed E-state index contributed by atoms with van der Waals surface area (Å²) >= 11 is 6.60. The van der Waals surface area contributed by atoms with Crippen molar-refractivity contribution in [3.8, 4) is 0 Å². The number of hydrogen-bond donors (Lipinski definition) is 2. The van der Waals surface area contributed by atoms with E-state index in [9.17, 15) is 4.79 Å². The molecular formula is C18H25Br2ClN8O2. The fourth-order valence-electron chi connectivity index (χ4n) is 3.06. The molecule has 0 radical (unpaired) electrons. The van der Waals surface area contributed by atoms with Crippen LogP contribution >= 0.6 is 44.3 Å². The predicted octanol–water partition coefficient (Wildman–Crippen LogP) is 0.950. The summed E-state index contributed by atoms with van der Waals surface area (Å²) in [6.07, 6.45) is 6.97. The molecule has 1 amide bonds. The summed E-state index contributed by atoms with van der Waals surface area (Å²) in [6.45, 7) is 6.15. The van der Waals surface area contributed by atoms with Gasteiger partial charge in [-0.3, -0.25) is 4.79 Å². The first kappa shape index (κ1) is 25.7. The van der Waals surface area contributed by atoms with Crippen LogP contribution in [0.15, 0.2) is 33.7 Å². The number of piperazine rings is 2. The van der Waals surface area contributed by atoms with Gasteiger partial charge in [0.05, 0.1) is 8.95 Å². The molecule has 13 heteroatoms. The highest BCUT2D eigenvalue weighted by Crippen LogP contribution is 2.13. The van der Waals surface area contributed by atoms with E-state index < -0.39 is 6.61 Å². The zero-order valence-electron chi connectivity index (χ0n) is 16.8. The van der Waals surface area contributed by atoms with E-state index in [0.29, 0.717) is 32.1 Å². The van der Waals surface area contributed by atoms with Crippen LogP contribution in [0, 0.1) is 0 Å². The van der Waals surface area contributed by atoms with Gasteiger partial charge in [-0.2, -0.15) is 0 Å². The molecule has 0 aliphatic carbocycles. The summed E-state index contributed by atoms with van der Waals surface area (Å²) in [5.74, 6) is 1.27. The number of amides is 1. The Balaban J connectivity index is 0.000000220. The molecule has 2 aromatic heterocycles. The first-order chi connectivity index (χ1) is 14.6. The fourth-order valence-corrected chi connectivity index (χ4v) is 3.47. The monoisotopic (exact) mass is 578 g/mol. The molecule has 4 rings (SSSR count). The second-order valence-electron chi connectivity index (χ2n) is 6.67. The second kappa shape index (κ2) is 13.1. The molecule has 2 saturated heterocycles. The minimum Gasteiger partial charge on any atom is -0.387 e. The van der Waals surface area contributed by atoms with Crippen molar-refractivity contribution in [2.75, 3.05) is 68.8 Å². The van der Waals surface area contributed by atoms with Gasteiger partial charge in [0.25, 0.3) is 0 Å². The number of aromatic nitrogens is 4. The number of carbonyl (C=O) groups is 1. The summed E-state index contributed by atoms with van der Waals surface area (Å²) in [6, 6.07) is 0. The van der Waals surface area contributed by atoms with Crippen molar-refractivity contribution in [3.05, 3.63) is 33.7 Å². The normalized spacial score (nSPS) is 16.2. The molecule has 4 heterocycles. The van der Waals surface area contributed by atoms with Gasteiger partial charge in [0.2, 0.25) is 17.8 Å². The molecule has 2 aromatic rings. The minimum absolute atomic E-state index is 0. The van der Waals surface area contributed by atoms with Crippen LogP contribution in [0.4, 0.5) is 11.9 Å². The predicted molar refractivity (Wildman–Crippen MR) is 128 cm³/mol. The van der Waals surface area contributed by atoms with E-state index in [1.54, 1.807) is 29.7 Å². The van der Waals surface area contributed by atoms with Crippen molar-refractivity contribution in [2.24, 2.45) is 0 Å². The van der Waals surface area contributed by atoms with Gasteiger partial charge in [0.1, 0.15) is 6.61 Å². The number of halogens is 3. The topological polar surface area (TPSA) is 111 Å². The summed E-state index contributed by atoms with van der Waals surface area (Å²) in [7, 11) is 0. The van der Waals surface area contributed by atoms with Crippen LogP contribution in [0.5, 0.6) is 0 Å². The molecule has 31 heavy (non-hydrogen) atoms. The van der Waals surface area contributed by atoms with Crippen molar-refractivity contribution in [1.29, 1.82) is 0 Å². The highest BCUT2D eigenvalue weighted by molar-refractivity contribution is 9.10. The Kier molecular flexibility index (Phi) is 10.8. The number of rotatable bonds is 3. The third-order valence-electron chi connectivity index (χ3n) is 4.66. The van der Waals surface area contributed by atoms with E-state index in [-0.39, 0.29) is 18.3 Å². The van der Waals surface area contributed by atoms with Crippen molar-refractivity contribution in [2.45, 2.75) is 0 Å². The third kappa shape index (κ3) is 7.79. The quantitative estimate of drug-likeness (QED) is 0.548. The molecule has 0 saturated carbocycles. The van der Waals surface area contributed by atoms with Gasteiger partial charge in [-0.25, -0.2) is 19.9 Å². The Labute approximate surface area is 204 Å². The van der Waals surface area contributed by atoms with Crippen molar-refractivity contribution in [3.63, 3.8) is 0 Å². The second-order valence-corrected chi connectivity index (χ2v) is 8.50. The van der Waals surface area contributed by atoms with Gasteiger partial charge in [-0.1, -0.05) is 0 Å². The van der Waals surface area contributed by atoms with Gasteiger partial charge in [0, 0.05) is 77.1 Å². The number of nitrogens with zero attached hydrogens (tertiary/aromatic N) is 7. The Hall–Kier alpha value is -1.60. The largest absolute Gasteiger partial charge is 0.387 e. The molecule has 2 fully saturated rings. The van der Waals surface area contributed by atoms with Crippen molar-refractivity contribution < 1.29 is 9.90 Å². The Bertz CT molecular complexity index is 801. The van der Waals surface area contributed by atoms with E-state index in [1.165, 1.54) is 0 Å². The van der Waals surface area contributed by atoms with Gasteiger partial charge in [0.15, 0.2) is 0 Å². The average molecular weight is 581 g/mol. The molecule has 10 nitrogen and oxygen atoms in total. The number of carbonyl (C=O) groups excluding carboxylic acids is 1. The molecule has 170 valence electrons. The summed E-state index contributed by atoms with van der Waals surface area (Å²) in [4.78, 5) is 34.0. The first-order valence-electron chi connectivity index (χ1n) is 9.61. The van der Waals surface area contributed by atoms with Crippen LogP contribution in [-0.2, 0) is 4.79 Å². The van der Waals surface area contributed by atoms with Crippen LogP contribution in [0.1, 0.15) is 0 Å². The van der Waals surface area contributed by atoms with Gasteiger partial charge in [-0.15, -0.1) is 12.4 Å². The maximum atomic E-state index is 11.3. The Morgan fingerprint density at radius 1 is 0.839 bits per heavy atom. The van der Waals surface area contributed by atoms with Crippen LogP contribution in [0.25, 0.3) is 0 Å². The molecule has 0 unspecified atom stereocenters. The standard InChI is InChI=1S/C10H13BrN4O2.C8H11BrN4.ClH/c11-8-5-12-10(13-6-8)15-3-1-14(2-4-15)9(17)7-16;9-7-5-11-8(12-6-7)13-3-1-10-2-4-13;/h5-6,16H,1-4,7H2;5-6,10H,1-4H2;1H. The molecule has 0 aromatic carbocycles. The van der Waals surface area contributed by atoms with E-state index >= 15 is 0 Å². The van der Waals surface area contributed by atoms with Gasteiger partial charge in [-0.05, 0) is 31.9 Å². The third-order valence-corrected chi connectivity index (χ3v) is 5.48. The van der Waals surface area contributed by atoms with E-state index in [4.69, 9.17) is 5.11 Å². The highest BCUT2D eigenvalue weighted by Gasteiger charge is 2.21. The van der Waals surface area contributed by atoms with E-state index in [0.717, 1.165) is 41.1 Å². The number of nitrogens with one attached hydrogen (secondary N) is 1. The number of aliphatic hydroxyl groups is 1. The maximum Gasteiger partial charge on any atom is 0.248 e. The number of hydrogen-bond acceptors (Lipinski definition) is 9. The van der Waals surface area contributed by atoms with Crippen LogP contribution < -0.4 is 15.1 Å². The summed E-state index contributed by atoms with van der Waals surface area (Å²) < 4.78 is 1.77. The molecule has 2 N–H and O–H groups in total. The van der Waals surface area contributed by atoms with Crippen LogP contribution in [-0.4, -0.2) is 94.8 Å². The van der Waals surface area contributed by atoms with E-state index in [1.807, 2.05) is 4.90 Å². The number of aliphatic hydroxyl groups excluding tert-OH is 1. The minimum atomic E-state index is -0.422. The summed E-state index contributed by atoms with van der Waals surface area (Å²) in [5, 5.41) is 12.1. The molecule has 2 aliphatic rings. The highest BCUT2D eigenvalue weighted by atomic mass is 79.9. The molecular weight excluding hydrogens is 556 g/mol. The molecule has 0 bridgehead atoms. The Morgan fingerprint density at radius 2 is 1.26 bits per heavy atom.